The molecule has 3 aromatic rings. The van der Waals surface area contributed by atoms with Crippen molar-refractivity contribution in [2.24, 2.45) is 0 Å². The fourth-order valence-electron chi connectivity index (χ4n) is 4.15. The highest BCUT2D eigenvalue weighted by atomic mass is 16.7. The third-order valence-corrected chi connectivity index (χ3v) is 5.64. The van der Waals surface area contributed by atoms with Gasteiger partial charge in [-0.05, 0) is 54.5 Å². The number of hydrogen-bond acceptors (Lipinski definition) is 6. The molecule has 0 unspecified atom stereocenters. The second-order valence-corrected chi connectivity index (χ2v) is 7.59. The number of anilines is 1. The number of nitrogens with zero attached hydrogens (tertiary/aromatic N) is 4. The zero-order valence-electron chi connectivity index (χ0n) is 15.9. The van der Waals surface area contributed by atoms with Crippen molar-refractivity contribution in [3.8, 4) is 17.2 Å². The molecule has 0 atom stereocenters. The molecule has 7 heteroatoms. The van der Waals surface area contributed by atoms with Gasteiger partial charge in [0.1, 0.15) is 0 Å². The Hall–Kier alpha value is -3.09. The number of nitrogens with one attached hydrogen (secondary N) is 1. The van der Waals surface area contributed by atoms with E-state index in [1.165, 1.54) is 12.0 Å². The summed E-state index contributed by atoms with van der Waals surface area (Å²) in [6.07, 6.45) is 5.51. The molecule has 1 aliphatic carbocycles. The molecule has 2 heterocycles. The van der Waals surface area contributed by atoms with Gasteiger partial charge in [-0.15, -0.1) is 5.10 Å². The van der Waals surface area contributed by atoms with Crippen molar-refractivity contribution in [2.75, 3.05) is 12.1 Å². The standard InChI is InChI=1S/C21H23N5O2/c1-15-5-7-16(8-6-15)22-21(11-3-2-4-12-21)20-23-24-25-26(20)17-9-10-18-19(13-17)28-14-27-18/h5-10,13,22H,2-4,11-12,14H2,1H3. The van der Waals surface area contributed by atoms with Crippen molar-refractivity contribution in [1.82, 2.24) is 20.2 Å². The Balaban J connectivity index is 1.55. The third-order valence-electron chi connectivity index (χ3n) is 5.64. The van der Waals surface area contributed by atoms with Gasteiger partial charge in [0.2, 0.25) is 6.79 Å². The molecule has 0 amide bonds. The summed E-state index contributed by atoms with van der Waals surface area (Å²) in [6, 6.07) is 14.3. The summed E-state index contributed by atoms with van der Waals surface area (Å²) in [7, 11) is 0. The maximum atomic E-state index is 5.53. The predicted octanol–water partition coefficient (Wildman–Crippen LogP) is 3.97. The number of fused-ring (bicyclic) bond motifs is 1. The molecule has 0 saturated heterocycles. The van der Waals surface area contributed by atoms with Crippen LogP contribution in [0.25, 0.3) is 5.69 Å². The van der Waals surface area contributed by atoms with Crippen molar-refractivity contribution in [3.05, 3.63) is 53.9 Å². The summed E-state index contributed by atoms with van der Waals surface area (Å²) >= 11 is 0. The Kier molecular flexibility index (Phi) is 4.15. The number of tetrazole rings is 1. The highest BCUT2D eigenvalue weighted by Gasteiger charge is 2.39. The van der Waals surface area contributed by atoms with E-state index in [1.807, 2.05) is 22.9 Å². The first-order valence-corrected chi connectivity index (χ1v) is 9.77. The van der Waals surface area contributed by atoms with Gasteiger partial charge in [-0.25, -0.2) is 0 Å². The van der Waals surface area contributed by atoms with Gasteiger partial charge in [0, 0.05) is 11.8 Å². The van der Waals surface area contributed by atoms with E-state index in [1.54, 1.807) is 0 Å². The molecule has 1 aliphatic heterocycles. The number of aryl methyl sites for hydroxylation is 1. The van der Waals surface area contributed by atoms with E-state index >= 15 is 0 Å². The van der Waals surface area contributed by atoms with E-state index in [2.05, 4.69) is 52.0 Å². The fraction of sp³-hybridized carbons (Fsp3) is 0.381. The molecule has 0 spiro atoms. The van der Waals surface area contributed by atoms with E-state index < -0.39 is 0 Å². The topological polar surface area (TPSA) is 74.1 Å². The minimum absolute atomic E-state index is 0.250. The van der Waals surface area contributed by atoms with Crippen molar-refractivity contribution >= 4 is 5.69 Å². The summed E-state index contributed by atoms with van der Waals surface area (Å²) < 4.78 is 12.8. The van der Waals surface area contributed by atoms with Crippen LogP contribution in [0.3, 0.4) is 0 Å². The normalized spacial score (nSPS) is 17.5. The van der Waals surface area contributed by atoms with Gasteiger partial charge in [0.05, 0.1) is 11.2 Å². The van der Waals surface area contributed by atoms with Crippen LogP contribution in [0, 0.1) is 6.92 Å². The van der Waals surface area contributed by atoms with Crippen LogP contribution < -0.4 is 14.8 Å². The Bertz CT molecular complexity index is 977. The quantitative estimate of drug-likeness (QED) is 0.742. The molecule has 1 N–H and O–H groups in total. The average molecular weight is 377 g/mol. The Morgan fingerprint density at radius 1 is 0.964 bits per heavy atom. The number of hydrogen-bond donors (Lipinski definition) is 1. The number of aromatic nitrogens is 4. The number of ether oxygens (including phenoxy) is 2. The molecule has 7 nitrogen and oxygen atoms in total. The van der Waals surface area contributed by atoms with Crippen molar-refractivity contribution in [1.29, 1.82) is 0 Å². The van der Waals surface area contributed by atoms with Crippen molar-refractivity contribution < 1.29 is 9.47 Å². The van der Waals surface area contributed by atoms with E-state index in [4.69, 9.17) is 9.47 Å². The molecule has 1 aromatic heterocycles. The largest absolute Gasteiger partial charge is 0.454 e. The highest BCUT2D eigenvalue weighted by molar-refractivity contribution is 5.51. The van der Waals surface area contributed by atoms with Gasteiger partial charge in [-0.3, -0.25) is 0 Å². The molecule has 2 aliphatic rings. The Morgan fingerprint density at radius 2 is 1.75 bits per heavy atom. The Morgan fingerprint density at radius 3 is 2.57 bits per heavy atom. The first-order valence-electron chi connectivity index (χ1n) is 9.77. The van der Waals surface area contributed by atoms with Crippen molar-refractivity contribution in [2.45, 2.75) is 44.6 Å². The predicted molar refractivity (Wildman–Crippen MR) is 105 cm³/mol. The first-order chi connectivity index (χ1) is 13.7. The molecule has 5 rings (SSSR count). The zero-order chi connectivity index (χ0) is 19.0. The first kappa shape index (κ1) is 17.0. The van der Waals surface area contributed by atoms with Crippen molar-refractivity contribution in [3.63, 3.8) is 0 Å². The third kappa shape index (κ3) is 2.96. The van der Waals surface area contributed by atoms with Gasteiger partial charge < -0.3 is 14.8 Å². The molecule has 0 radical (unpaired) electrons. The van der Waals surface area contributed by atoms with E-state index in [-0.39, 0.29) is 12.3 Å². The molecule has 144 valence electrons. The second kappa shape index (κ2) is 6.82. The summed E-state index contributed by atoms with van der Waals surface area (Å²) in [5, 5.41) is 16.6. The van der Waals surface area contributed by atoms with Crippen LogP contribution in [-0.2, 0) is 5.54 Å². The molecule has 28 heavy (non-hydrogen) atoms. The summed E-state index contributed by atoms with van der Waals surface area (Å²) in [5.74, 6) is 2.32. The molecular weight excluding hydrogens is 354 g/mol. The maximum Gasteiger partial charge on any atom is 0.231 e. The lowest BCUT2D eigenvalue weighted by atomic mass is 9.80. The van der Waals surface area contributed by atoms with Gasteiger partial charge in [-0.1, -0.05) is 37.0 Å². The summed E-state index contributed by atoms with van der Waals surface area (Å²) in [4.78, 5) is 0. The van der Waals surface area contributed by atoms with Gasteiger partial charge in [0.25, 0.3) is 0 Å². The number of rotatable bonds is 4. The maximum absolute atomic E-state index is 5.53. The van der Waals surface area contributed by atoms with Gasteiger partial charge in [0.15, 0.2) is 17.3 Å². The van der Waals surface area contributed by atoms with Gasteiger partial charge >= 0.3 is 0 Å². The molecule has 1 saturated carbocycles. The van der Waals surface area contributed by atoms with E-state index in [0.717, 1.165) is 54.4 Å². The summed E-state index contributed by atoms with van der Waals surface area (Å²) in [5.41, 5.74) is 2.91. The monoisotopic (exact) mass is 377 g/mol. The van der Waals surface area contributed by atoms with Crippen LogP contribution in [0.2, 0.25) is 0 Å². The molecule has 1 fully saturated rings. The van der Waals surface area contributed by atoms with Crippen LogP contribution in [0.4, 0.5) is 5.69 Å². The van der Waals surface area contributed by atoms with Crippen LogP contribution in [0.15, 0.2) is 42.5 Å². The van der Waals surface area contributed by atoms with Crippen LogP contribution in [-0.4, -0.2) is 27.0 Å². The summed E-state index contributed by atoms with van der Waals surface area (Å²) in [6.45, 7) is 2.35. The lowest BCUT2D eigenvalue weighted by molar-refractivity contribution is 0.174. The zero-order valence-corrected chi connectivity index (χ0v) is 15.9. The molecule has 2 aromatic carbocycles. The second-order valence-electron chi connectivity index (χ2n) is 7.59. The average Bonchev–Trinajstić information content (AvgIpc) is 3.39. The number of benzene rings is 2. The SMILES string of the molecule is Cc1ccc(NC2(c3nnnn3-c3ccc4c(c3)OCO4)CCCCC2)cc1. The smallest absolute Gasteiger partial charge is 0.231 e. The molecular formula is C21H23N5O2. The van der Waals surface area contributed by atoms with E-state index in [0.29, 0.717) is 0 Å². The lowest BCUT2D eigenvalue weighted by Gasteiger charge is -2.37. The van der Waals surface area contributed by atoms with E-state index in [9.17, 15) is 0 Å². The van der Waals surface area contributed by atoms with Crippen LogP contribution in [0.1, 0.15) is 43.5 Å². The highest BCUT2D eigenvalue weighted by Crippen LogP contribution is 2.40. The minimum Gasteiger partial charge on any atom is -0.454 e. The van der Waals surface area contributed by atoms with Crippen LogP contribution >= 0.6 is 0 Å². The van der Waals surface area contributed by atoms with Gasteiger partial charge in [-0.2, -0.15) is 4.68 Å². The van der Waals surface area contributed by atoms with Crippen LogP contribution in [0.5, 0.6) is 11.5 Å². The fourth-order valence-corrected chi connectivity index (χ4v) is 4.15. The Labute approximate surface area is 163 Å². The molecule has 0 bridgehead atoms. The lowest BCUT2D eigenvalue weighted by Crippen LogP contribution is -2.40. The minimum atomic E-state index is -0.298.